The first kappa shape index (κ1) is 19.6. The van der Waals surface area contributed by atoms with Crippen LogP contribution in [-0.4, -0.2) is 50.8 Å². The Balaban J connectivity index is 1.52. The lowest BCUT2D eigenvalue weighted by Gasteiger charge is -2.29. The molecule has 1 atom stereocenters. The summed E-state index contributed by atoms with van der Waals surface area (Å²) in [5.74, 6) is 2.01. The molecule has 2 aliphatic heterocycles. The molecule has 154 valence electrons. The predicted octanol–water partition coefficient (Wildman–Crippen LogP) is 3.03. The van der Waals surface area contributed by atoms with Crippen LogP contribution in [0.5, 0.6) is 17.2 Å². The summed E-state index contributed by atoms with van der Waals surface area (Å²) in [5.41, 5.74) is 2.82. The lowest BCUT2D eigenvalue weighted by Crippen LogP contribution is -2.49. The summed E-state index contributed by atoms with van der Waals surface area (Å²) in [4.78, 5) is 15.2. The van der Waals surface area contributed by atoms with Gasteiger partial charge in [-0.2, -0.15) is 0 Å². The van der Waals surface area contributed by atoms with Crippen molar-refractivity contribution in [3.05, 3.63) is 53.1 Å². The molecule has 6 heteroatoms. The molecule has 0 aromatic heterocycles. The van der Waals surface area contributed by atoms with Crippen LogP contribution >= 0.6 is 0 Å². The van der Waals surface area contributed by atoms with Gasteiger partial charge < -0.3 is 19.5 Å². The highest BCUT2D eigenvalue weighted by Crippen LogP contribution is 2.41. The number of nitrogens with one attached hydrogen (secondary N) is 1. The molecule has 0 saturated carbocycles. The largest absolute Gasteiger partial charge is 0.493 e. The Labute approximate surface area is 171 Å². The Morgan fingerprint density at radius 1 is 1.00 bits per heavy atom. The number of benzene rings is 2. The number of aryl methyl sites for hydroxylation is 1. The molecular weight excluding hydrogens is 368 g/mol. The maximum Gasteiger partial charge on any atom is 0.252 e. The van der Waals surface area contributed by atoms with Crippen LogP contribution in [0.3, 0.4) is 0 Å². The van der Waals surface area contributed by atoms with Gasteiger partial charge in [0.1, 0.15) is 0 Å². The fourth-order valence-electron chi connectivity index (χ4n) is 4.63. The van der Waals surface area contributed by atoms with E-state index in [1.165, 1.54) is 0 Å². The van der Waals surface area contributed by atoms with Crippen LogP contribution < -0.4 is 19.5 Å². The topological polar surface area (TPSA) is 60.0 Å². The molecule has 0 bridgehead atoms. The Bertz CT molecular complexity index is 914. The van der Waals surface area contributed by atoms with Gasteiger partial charge in [-0.1, -0.05) is 24.3 Å². The predicted molar refractivity (Wildman–Crippen MR) is 111 cm³/mol. The van der Waals surface area contributed by atoms with E-state index in [4.69, 9.17) is 14.2 Å². The molecule has 2 heterocycles. The molecule has 1 amide bonds. The molecule has 1 N–H and O–H groups in total. The van der Waals surface area contributed by atoms with Crippen molar-refractivity contribution < 1.29 is 19.0 Å². The van der Waals surface area contributed by atoms with Gasteiger partial charge in [0, 0.05) is 30.8 Å². The lowest BCUT2D eigenvalue weighted by molar-refractivity contribution is 0.0902. The molecule has 1 unspecified atom stereocenters. The van der Waals surface area contributed by atoms with E-state index in [-0.39, 0.29) is 11.4 Å². The van der Waals surface area contributed by atoms with Gasteiger partial charge in [0.05, 0.1) is 26.9 Å². The summed E-state index contributed by atoms with van der Waals surface area (Å²) in [6.45, 7) is 2.48. The van der Waals surface area contributed by atoms with Gasteiger partial charge in [-0.3, -0.25) is 9.69 Å². The van der Waals surface area contributed by atoms with Gasteiger partial charge in [-0.15, -0.1) is 0 Å². The average molecular weight is 396 g/mol. The minimum atomic E-state index is -0.181. The molecule has 2 aromatic carbocycles. The third kappa shape index (κ3) is 3.65. The number of methoxy groups -OCH3 is 3. The first-order valence-electron chi connectivity index (χ1n) is 10.00. The minimum Gasteiger partial charge on any atom is -0.493 e. The molecule has 1 saturated heterocycles. The Kier molecular flexibility index (Phi) is 5.37. The smallest absolute Gasteiger partial charge is 0.252 e. The van der Waals surface area contributed by atoms with Crippen molar-refractivity contribution in [2.75, 3.05) is 34.4 Å². The molecule has 2 aliphatic rings. The molecule has 29 heavy (non-hydrogen) atoms. The summed E-state index contributed by atoms with van der Waals surface area (Å²) in [5, 5.41) is 3.34. The number of carbonyl (C=O) groups is 1. The highest BCUT2D eigenvalue weighted by atomic mass is 16.5. The third-order valence-corrected chi connectivity index (χ3v) is 6.13. The SMILES string of the molecule is COc1ccc(CN2CCC3(CCc4ccccc4C(=O)N3)C2)c(OC)c1OC. The van der Waals surface area contributed by atoms with Gasteiger partial charge in [-0.25, -0.2) is 0 Å². The zero-order valence-corrected chi connectivity index (χ0v) is 17.3. The number of likely N-dealkylation sites (tertiary alicyclic amines) is 1. The van der Waals surface area contributed by atoms with Gasteiger partial charge in [0.15, 0.2) is 11.5 Å². The summed E-state index contributed by atoms with van der Waals surface area (Å²) in [7, 11) is 4.89. The number of rotatable bonds is 5. The number of hydrogen-bond donors (Lipinski definition) is 1. The highest BCUT2D eigenvalue weighted by Gasteiger charge is 2.41. The van der Waals surface area contributed by atoms with Gasteiger partial charge in [0.2, 0.25) is 5.75 Å². The minimum absolute atomic E-state index is 0.0450. The van der Waals surface area contributed by atoms with Crippen molar-refractivity contribution in [1.29, 1.82) is 0 Å². The van der Waals surface area contributed by atoms with Crippen molar-refractivity contribution in [3.8, 4) is 17.2 Å². The van der Waals surface area contributed by atoms with E-state index in [1.807, 2.05) is 30.3 Å². The van der Waals surface area contributed by atoms with Gasteiger partial charge >= 0.3 is 0 Å². The van der Waals surface area contributed by atoms with Crippen LogP contribution in [0, 0.1) is 0 Å². The molecular formula is C23H28N2O4. The van der Waals surface area contributed by atoms with Crippen molar-refractivity contribution in [1.82, 2.24) is 10.2 Å². The molecule has 1 fully saturated rings. The maximum atomic E-state index is 12.8. The Morgan fingerprint density at radius 3 is 2.55 bits per heavy atom. The molecule has 4 rings (SSSR count). The molecule has 1 spiro atoms. The van der Waals surface area contributed by atoms with Crippen molar-refractivity contribution >= 4 is 5.91 Å². The van der Waals surface area contributed by atoms with E-state index in [0.717, 1.165) is 55.6 Å². The first-order valence-corrected chi connectivity index (χ1v) is 10.00. The average Bonchev–Trinajstić information content (AvgIpc) is 3.07. The van der Waals surface area contributed by atoms with E-state index >= 15 is 0 Å². The standard InChI is InChI=1S/C23H28N2O4/c1-27-19-9-8-17(20(28-2)21(19)29-3)14-25-13-12-23(15-25)11-10-16-6-4-5-7-18(16)22(26)24-23/h4-9H,10-15H2,1-3H3,(H,24,26). The fourth-order valence-corrected chi connectivity index (χ4v) is 4.63. The van der Waals surface area contributed by atoms with Crippen molar-refractivity contribution in [2.45, 2.75) is 31.3 Å². The Hall–Kier alpha value is -2.73. The second-order valence-electron chi connectivity index (χ2n) is 7.85. The number of carbonyl (C=O) groups excluding carboxylic acids is 1. The zero-order valence-electron chi connectivity index (χ0n) is 17.3. The van der Waals surface area contributed by atoms with E-state index in [9.17, 15) is 4.79 Å². The maximum absolute atomic E-state index is 12.8. The monoisotopic (exact) mass is 396 g/mol. The summed E-state index contributed by atoms with van der Waals surface area (Å²) in [6, 6.07) is 11.9. The molecule has 0 aliphatic carbocycles. The van der Waals surface area contributed by atoms with Crippen LogP contribution in [0.4, 0.5) is 0 Å². The van der Waals surface area contributed by atoms with Crippen LogP contribution in [-0.2, 0) is 13.0 Å². The first-order chi connectivity index (χ1) is 14.1. The number of hydrogen-bond acceptors (Lipinski definition) is 5. The lowest BCUT2D eigenvalue weighted by atomic mass is 9.91. The number of amides is 1. The second-order valence-corrected chi connectivity index (χ2v) is 7.85. The molecule has 2 aromatic rings. The third-order valence-electron chi connectivity index (χ3n) is 6.13. The Morgan fingerprint density at radius 2 is 1.79 bits per heavy atom. The summed E-state index contributed by atoms with van der Waals surface area (Å²) in [6.07, 6.45) is 2.82. The fraction of sp³-hybridized carbons (Fsp3) is 0.435. The van der Waals surface area contributed by atoms with Gasteiger partial charge in [0.25, 0.3) is 5.91 Å². The van der Waals surface area contributed by atoms with Crippen molar-refractivity contribution in [2.24, 2.45) is 0 Å². The van der Waals surface area contributed by atoms with E-state index in [1.54, 1.807) is 21.3 Å². The van der Waals surface area contributed by atoms with Crippen LogP contribution in [0.1, 0.15) is 34.3 Å². The quantitative estimate of drug-likeness (QED) is 0.842. The number of nitrogens with zero attached hydrogens (tertiary/aromatic N) is 1. The van der Waals surface area contributed by atoms with Crippen LogP contribution in [0.2, 0.25) is 0 Å². The van der Waals surface area contributed by atoms with E-state index < -0.39 is 0 Å². The second kappa shape index (κ2) is 7.95. The summed E-state index contributed by atoms with van der Waals surface area (Å²) >= 11 is 0. The van der Waals surface area contributed by atoms with E-state index in [0.29, 0.717) is 17.2 Å². The number of fused-ring (bicyclic) bond motifs is 1. The van der Waals surface area contributed by atoms with Crippen LogP contribution in [0.15, 0.2) is 36.4 Å². The highest BCUT2D eigenvalue weighted by molar-refractivity contribution is 5.96. The summed E-state index contributed by atoms with van der Waals surface area (Å²) < 4.78 is 16.5. The normalized spacial score (nSPS) is 21.4. The van der Waals surface area contributed by atoms with E-state index in [2.05, 4.69) is 16.3 Å². The van der Waals surface area contributed by atoms with Gasteiger partial charge in [-0.05, 0) is 37.0 Å². The molecule has 6 nitrogen and oxygen atoms in total. The zero-order chi connectivity index (χ0) is 20.4. The number of ether oxygens (including phenoxy) is 3. The molecule has 0 radical (unpaired) electrons. The van der Waals surface area contributed by atoms with Crippen LogP contribution in [0.25, 0.3) is 0 Å². The van der Waals surface area contributed by atoms with Crippen molar-refractivity contribution in [3.63, 3.8) is 0 Å².